The van der Waals surface area contributed by atoms with E-state index in [-0.39, 0.29) is 0 Å². The average Bonchev–Trinajstić information content (AvgIpc) is 2.90. The molecule has 0 aliphatic carbocycles. The molecule has 0 aromatic heterocycles. The molecule has 0 spiro atoms. The zero-order chi connectivity index (χ0) is 16.4. The van der Waals surface area contributed by atoms with Crippen molar-refractivity contribution < 1.29 is 0 Å². The van der Waals surface area contributed by atoms with E-state index in [0.29, 0.717) is 0 Å². The summed E-state index contributed by atoms with van der Waals surface area (Å²) in [6.07, 6.45) is 4.59. The number of hydrogen-bond donors (Lipinski definition) is 0. The molecular formula is C20H18Br2Sn. The molecule has 0 radical (unpaired) electrons. The summed E-state index contributed by atoms with van der Waals surface area (Å²) in [4.78, 5) is 0. The Morgan fingerprint density at radius 2 is 1.00 bits per heavy atom. The van der Waals surface area contributed by atoms with E-state index >= 15 is 0 Å². The van der Waals surface area contributed by atoms with E-state index in [1.165, 1.54) is 29.5 Å². The van der Waals surface area contributed by atoms with Gasteiger partial charge >= 0.3 is 155 Å². The molecule has 3 heteroatoms. The molecule has 0 saturated carbocycles. The van der Waals surface area contributed by atoms with Gasteiger partial charge in [-0.3, -0.25) is 0 Å². The van der Waals surface area contributed by atoms with Crippen LogP contribution in [0.15, 0.2) is 80.0 Å². The average molecular weight is 537 g/mol. The second-order valence-corrected chi connectivity index (χ2v) is 35.2. The number of hydrogen-bond acceptors (Lipinski definition) is 0. The summed E-state index contributed by atoms with van der Waals surface area (Å²) in [5.74, 6) is 0. The first-order valence-electron chi connectivity index (χ1n) is 7.61. The van der Waals surface area contributed by atoms with Crippen LogP contribution in [0.2, 0.25) is 0 Å². The van der Waals surface area contributed by atoms with Crippen molar-refractivity contribution in [2.75, 3.05) is 0 Å². The standard InChI is InChI=1S/C20H18.2BrH.Sn/c1-17(19-13-5-3-6-14-19)11-9-10-12-18(2)20-15-7-4-8-16-20;;;/h3-10,13-16H,1-2H3;2*1H;/q;;;+2/p-2. The second kappa shape index (κ2) is 7.12. The first kappa shape index (κ1) is 17.2. The van der Waals surface area contributed by atoms with Crippen molar-refractivity contribution in [3.05, 3.63) is 91.1 Å². The van der Waals surface area contributed by atoms with Crippen LogP contribution in [0.3, 0.4) is 0 Å². The first-order valence-corrected chi connectivity index (χ1v) is 23.3. The van der Waals surface area contributed by atoms with Gasteiger partial charge in [-0.15, -0.1) is 0 Å². The van der Waals surface area contributed by atoms with Gasteiger partial charge in [0.15, 0.2) is 0 Å². The third kappa shape index (κ3) is 3.45. The van der Waals surface area contributed by atoms with E-state index < -0.39 is 13.9 Å². The summed E-state index contributed by atoms with van der Waals surface area (Å²) < 4.78 is 2.91. The van der Waals surface area contributed by atoms with Crippen LogP contribution in [-0.2, 0) is 0 Å². The molecular weight excluding hydrogens is 519 g/mol. The number of halogens is 2. The molecule has 23 heavy (non-hydrogen) atoms. The summed E-state index contributed by atoms with van der Waals surface area (Å²) in [5.41, 5.74) is 5.32. The van der Waals surface area contributed by atoms with E-state index in [4.69, 9.17) is 0 Å². The van der Waals surface area contributed by atoms with Gasteiger partial charge in [-0.2, -0.15) is 0 Å². The Morgan fingerprint density at radius 3 is 1.35 bits per heavy atom. The van der Waals surface area contributed by atoms with Crippen LogP contribution in [0, 0.1) is 0 Å². The second-order valence-electron chi connectivity index (χ2n) is 5.72. The third-order valence-corrected chi connectivity index (χ3v) is 22.7. The third-order valence-electron chi connectivity index (χ3n) is 4.31. The molecule has 3 rings (SSSR count). The Bertz CT molecular complexity index is 733. The Balaban J connectivity index is 2.09. The Morgan fingerprint density at radius 1 is 0.652 bits per heavy atom. The number of allylic oxidation sites excluding steroid dienone is 6. The SMILES string of the molecule is C/C(=[C]1C=C/[C](=C(/C)c2ccccc2)[Sn]/1([Br])[Br])c1ccccc1. The molecule has 0 bridgehead atoms. The van der Waals surface area contributed by atoms with Crippen molar-refractivity contribution in [1.82, 2.24) is 0 Å². The van der Waals surface area contributed by atoms with Crippen LogP contribution in [0.25, 0.3) is 11.1 Å². The Hall–Kier alpha value is -0.581. The summed E-state index contributed by atoms with van der Waals surface area (Å²) in [5, 5.41) is 0. The number of benzene rings is 2. The topological polar surface area (TPSA) is 0 Å². The van der Waals surface area contributed by atoms with Gasteiger partial charge < -0.3 is 0 Å². The number of rotatable bonds is 2. The quantitative estimate of drug-likeness (QED) is 0.370. The summed E-state index contributed by atoms with van der Waals surface area (Å²) >= 11 is 5.37. The summed E-state index contributed by atoms with van der Waals surface area (Å²) in [7, 11) is 0. The molecule has 1 heterocycles. The van der Waals surface area contributed by atoms with Gasteiger partial charge in [-0.25, -0.2) is 0 Å². The molecule has 2 aromatic carbocycles. The van der Waals surface area contributed by atoms with Crippen molar-refractivity contribution in [1.29, 1.82) is 0 Å². The van der Waals surface area contributed by atoms with Gasteiger partial charge in [0.05, 0.1) is 0 Å². The summed E-state index contributed by atoms with van der Waals surface area (Å²) in [6.45, 7) is 4.45. The minimum absolute atomic E-state index is 1.30. The van der Waals surface area contributed by atoms with Crippen molar-refractivity contribution in [3.8, 4) is 0 Å². The molecule has 0 atom stereocenters. The van der Waals surface area contributed by atoms with E-state index in [9.17, 15) is 0 Å². The van der Waals surface area contributed by atoms with Gasteiger partial charge in [0, 0.05) is 0 Å². The minimum atomic E-state index is -2.87. The molecule has 0 saturated heterocycles. The van der Waals surface area contributed by atoms with Gasteiger partial charge in [-0.05, 0) is 0 Å². The van der Waals surface area contributed by atoms with Gasteiger partial charge in [0.1, 0.15) is 0 Å². The Kier molecular flexibility index (Phi) is 5.34. The Labute approximate surface area is 154 Å². The molecule has 0 unspecified atom stereocenters. The zero-order valence-electron chi connectivity index (χ0n) is 13.2. The predicted molar refractivity (Wildman–Crippen MR) is 111 cm³/mol. The predicted octanol–water partition coefficient (Wildman–Crippen LogP) is 6.81. The fraction of sp³-hybridized carbons (Fsp3) is 0.100. The van der Waals surface area contributed by atoms with Crippen LogP contribution in [0.5, 0.6) is 0 Å². The molecule has 0 N–H and O–H groups in total. The summed E-state index contributed by atoms with van der Waals surface area (Å²) in [6, 6.07) is 21.3. The molecule has 2 aromatic rings. The maximum absolute atomic E-state index is 4.12. The maximum atomic E-state index is 4.12. The van der Waals surface area contributed by atoms with Crippen LogP contribution in [0.1, 0.15) is 25.0 Å². The zero-order valence-corrected chi connectivity index (χ0v) is 19.2. The normalized spacial score (nSPS) is 20.5. The van der Waals surface area contributed by atoms with Crippen LogP contribution in [-0.4, -0.2) is 13.9 Å². The first-order chi connectivity index (χ1) is 11.0. The fourth-order valence-corrected chi connectivity index (χ4v) is 20.5. The fourth-order valence-electron chi connectivity index (χ4n) is 2.93. The van der Waals surface area contributed by atoms with E-state index in [1.807, 2.05) is 0 Å². The van der Waals surface area contributed by atoms with Gasteiger partial charge in [-0.1, -0.05) is 0 Å². The van der Waals surface area contributed by atoms with E-state index in [2.05, 4.69) is 112 Å². The molecule has 1 aliphatic heterocycles. The molecule has 116 valence electrons. The molecule has 1 aliphatic rings. The molecule has 0 fully saturated rings. The monoisotopic (exact) mass is 536 g/mol. The van der Waals surface area contributed by atoms with Crippen LogP contribution in [0.4, 0.5) is 0 Å². The molecule has 0 nitrogen and oxygen atoms in total. The van der Waals surface area contributed by atoms with E-state index in [1.54, 1.807) is 0 Å². The van der Waals surface area contributed by atoms with Gasteiger partial charge in [0.2, 0.25) is 0 Å². The van der Waals surface area contributed by atoms with Crippen molar-refractivity contribution >= 4 is 50.5 Å². The van der Waals surface area contributed by atoms with Crippen molar-refractivity contribution in [2.45, 2.75) is 13.8 Å². The van der Waals surface area contributed by atoms with Crippen molar-refractivity contribution in [2.24, 2.45) is 0 Å². The van der Waals surface area contributed by atoms with E-state index in [0.717, 1.165) is 0 Å². The van der Waals surface area contributed by atoms with Crippen LogP contribution < -0.4 is 0 Å². The van der Waals surface area contributed by atoms with Crippen molar-refractivity contribution in [3.63, 3.8) is 0 Å². The van der Waals surface area contributed by atoms with Crippen LogP contribution >= 0.6 is 25.4 Å². The van der Waals surface area contributed by atoms with Gasteiger partial charge in [0.25, 0.3) is 0 Å². The molecule has 0 amide bonds.